The maximum Gasteiger partial charge on any atom is 0.417 e. The summed E-state index contributed by atoms with van der Waals surface area (Å²) in [5.41, 5.74) is -1.32. The molecule has 7 heteroatoms. The number of rotatable bonds is 4. The molecule has 0 aromatic heterocycles. The van der Waals surface area contributed by atoms with Crippen LogP contribution < -0.4 is 4.90 Å². The van der Waals surface area contributed by atoms with Crippen molar-refractivity contribution in [3.05, 3.63) is 29.3 Å². The fraction of sp³-hybridized carbons (Fsp3) is 0.385. The van der Waals surface area contributed by atoms with Crippen LogP contribution in [0.3, 0.4) is 0 Å². The minimum Gasteiger partial charge on any atom is -0.480 e. The van der Waals surface area contributed by atoms with Crippen molar-refractivity contribution in [2.24, 2.45) is 0 Å². The Morgan fingerprint density at radius 1 is 1.45 bits per heavy atom. The van der Waals surface area contributed by atoms with E-state index < -0.39 is 23.3 Å². The lowest BCUT2D eigenvalue weighted by molar-refractivity contribution is -0.137. The number of halogens is 3. The summed E-state index contributed by atoms with van der Waals surface area (Å²) in [7, 11) is 0. The fourth-order valence-corrected chi connectivity index (χ4v) is 2.01. The number of nitrogens with zero attached hydrogens (tertiary/aromatic N) is 2. The highest BCUT2D eigenvalue weighted by Crippen LogP contribution is 2.37. The van der Waals surface area contributed by atoms with Crippen molar-refractivity contribution in [3.8, 4) is 6.07 Å². The summed E-state index contributed by atoms with van der Waals surface area (Å²) in [6, 6.07) is 4.74. The number of aliphatic carboxylic acids is 1. The van der Waals surface area contributed by atoms with E-state index in [1.165, 1.54) is 17.0 Å². The molecule has 0 heterocycles. The smallest absolute Gasteiger partial charge is 0.417 e. The molecule has 1 aromatic rings. The molecule has 1 aliphatic carbocycles. The summed E-state index contributed by atoms with van der Waals surface area (Å²) < 4.78 is 38.6. The number of hydrogen-bond donors (Lipinski definition) is 1. The van der Waals surface area contributed by atoms with E-state index in [4.69, 9.17) is 10.4 Å². The molecule has 0 atom stereocenters. The molecular formula is C13H11F3N2O2. The third-order valence-electron chi connectivity index (χ3n) is 3.05. The zero-order valence-corrected chi connectivity index (χ0v) is 10.3. The highest BCUT2D eigenvalue weighted by atomic mass is 19.4. The summed E-state index contributed by atoms with van der Waals surface area (Å²) >= 11 is 0. The van der Waals surface area contributed by atoms with Gasteiger partial charge in [0.05, 0.1) is 17.2 Å². The normalized spacial score (nSPS) is 14.7. The van der Waals surface area contributed by atoms with Crippen molar-refractivity contribution >= 4 is 11.7 Å². The lowest BCUT2D eigenvalue weighted by atomic mass is 10.1. The number of anilines is 1. The third kappa shape index (κ3) is 3.02. The minimum absolute atomic E-state index is 0.0416. The van der Waals surface area contributed by atoms with Gasteiger partial charge in [-0.1, -0.05) is 0 Å². The zero-order chi connectivity index (χ0) is 14.9. The lowest BCUT2D eigenvalue weighted by Gasteiger charge is -2.23. The average molecular weight is 284 g/mol. The molecule has 0 aliphatic heterocycles. The second-order valence-electron chi connectivity index (χ2n) is 4.59. The van der Waals surface area contributed by atoms with Crippen molar-refractivity contribution in [1.29, 1.82) is 5.26 Å². The van der Waals surface area contributed by atoms with Gasteiger partial charge in [0, 0.05) is 11.7 Å². The van der Waals surface area contributed by atoms with Crippen LogP contribution in [0.25, 0.3) is 0 Å². The van der Waals surface area contributed by atoms with Crippen molar-refractivity contribution in [1.82, 2.24) is 0 Å². The van der Waals surface area contributed by atoms with Crippen molar-refractivity contribution in [2.45, 2.75) is 25.1 Å². The molecule has 1 N–H and O–H groups in total. The van der Waals surface area contributed by atoms with E-state index in [1.807, 2.05) is 0 Å². The molecule has 2 rings (SSSR count). The Bertz CT molecular complexity index is 574. The molecule has 0 radical (unpaired) electrons. The predicted molar refractivity (Wildman–Crippen MR) is 64.2 cm³/mol. The second-order valence-corrected chi connectivity index (χ2v) is 4.59. The quantitative estimate of drug-likeness (QED) is 0.923. The lowest BCUT2D eigenvalue weighted by Crippen LogP contribution is -2.32. The summed E-state index contributed by atoms with van der Waals surface area (Å²) in [4.78, 5) is 12.2. The molecule has 1 aliphatic rings. The molecule has 20 heavy (non-hydrogen) atoms. The first-order chi connectivity index (χ1) is 9.32. The Morgan fingerprint density at radius 2 is 2.10 bits per heavy atom. The van der Waals surface area contributed by atoms with Gasteiger partial charge in [0.25, 0.3) is 0 Å². The van der Waals surface area contributed by atoms with Crippen LogP contribution >= 0.6 is 0 Å². The zero-order valence-electron chi connectivity index (χ0n) is 10.3. The summed E-state index contributed by atoms with van der Waals surface area (Å²) in [5.74, 6) is -1.10. The first-order valence-corrected chi connectivity index (χ1v) is 5.92. The Balaban J connectivity index is 2.41. The topological polar surface area (TPSA) is 64.3 Å². The van der Waals surface area contributed by atoms with E-state index in [9.17, 15) is 18.0 Å². The number of benzene rings is 1. The van der Waals surface area contributed by atoms with Gasteiger partial charge < -0.3 is 10.0 Å². The van der Waals surface area contributed by atoms with E-state index in [0.717, 1.165) is 25.0 Å². The Hall–Kier alpha value is -2.23. The van der Waals surface area contributed by atoms with Gasteiger partial charge in [0.2, 0.25) is 0 Å². The third-order valence-corrected chi connectivity index (χ3v) is 3.05. The average Bonchev–Trinajstić information content (AvgIpc) is 3.18. The highest BCUT2D eigenvalue weighted by molar-refractivity contribution is 5.74. The van der Waals surface area contributed by atoms with Gasteiger partial charge in [-0.15, -0.1) is 0 Å². The molecule has 106 valence electrons. The van der Waals surface area contributed by atoms with Crippen LogP contribution in [0.5, 0.6) is 0 Å². The van der Waals surface area contributed by atoms with Gasteiger partial charge in [-0.05, 0) is 31.0 Å². The highest BCUT2D eigenvalue weighted by Gasteiger charge is 2.36. The van der Waals surface area contributed by atoms with Gasteiger partial charge >= 0.3 is 12.1 Å². The maximum atomic E-state index is 12.9. The molecule has 1 fully saturated rings. The monoisotopic (exact) mass is 284 g/mol. The van der Waals surface area contributed by atoms with E-state index in [0.29, 0.717) is 0 Å². The number of hydrogen-bond acceptors (Lipinski definition) is 3. The number of carboxylic acid groups (broad SMARTS) is 1. The van der Waals surface area contributed by atoms with E-state index in [2.05, 4.69) is 0 Å². The van der Waals surface area contributed by atoms with Gasteiger partial charge in [0.1, 0.15) is 6.54 Å². The van der Waals surface area contributed by atoms with Crippen LogP contribution in [0.4, 0.5) is 18.9 Å². The Labute approximate surface area is 113 Å². The van der Waals surface area contributed by atoms with Crippen LogP contribution in [0, 0.1) is 11.3 Å². The molecule has 0 saturated heterocycles. The van der Waals surface area contributed by atoms with Crippen molar-refractivity contribution in [2.75, 3.05) is 11.4 Å². The van der Waals surface area contributed by atoms with E-state index in [1.54, 1.807) is 0 Å². The van der Waals surface area contributed by atoms with E-state index >= 15 is 0 Å². The van der Waals surface area contributed by atoms with Crippen LogP contribution in [0.1, 0.15) is 24.0 Å². The van der Waals surface area contributed by atoms with Gasteiger partial charge in [0.15, 0.2) is 0 Å². The molecule has 1 aromatic carbocycles. The number of alkyl halides is 3. The summed E-state index contributed by atoms with van der Waals surface area (Å²) in [6.07, 6.45) is -3.12. The Morgan fingerprint density at radius 3 is 2.55 bits per heavy atom. The SMILES string of the molecule is N#Cc1ccc(N(CC(=O)O)C2CC2)cc1C(F)(F)F. The van der Waals surface area contributed by atoms with Crippen LogP contribution in [-0.4, -0.2) is 23.7 Å². The fourth-order valence-electron chi connectivity index (χ4n) is 2.01. The Kier molecular flexibility index (Phi) is 3.57. The van der Waals surface area contributed by atoms with Crippen LogP contribution in [-0.2, 0) is 11.0 Å². The number of carbonyl (C=O) groups is 1. The second kappa shape index (κ2) is 5.04. The van der Waals surface area contributed by atoms with E-state index in [-0.39, 0.29) is 18.3 Å². The largest absolute Gasteiger partial charge is 0.480 e. The summed E-state index contributed by atoms with van der Waals surface area (Å²) in [6.45, 7) is -0.353. The molecule has 1 saturated carbocycles. The molecular weight excluding hydrogens is 273 g/mol. The molecule has 0 amide bonds. The predicted octanol–water partition coefficient (Wildman–Crippen LogP) is 2.63. The first-order valence-electron chi connectivity index (χ1n) is 5.92. The molecule has 0 bridgehead atoms. The van der Waals surface area contributed by atoms with Crippen LogP contribution in [0.2, 0.25) is 0 Å². The molecule has 0 unspecified atom stereocenters. The number of nitriles is 1. The number of carboxylic acids is 1. The van der Waals surface area contributed by atoms with Crippen molar-refractivity contribution in [3.63, 3.8) is 0 Å². The first kappa shape index (κ1) is 14.2. The van der Waals surface area contributed by atoms with Gasteiger partial charge in [-0.3, -0.25) is 4.79 Å². The van der Waals surface area contributed by atoms with Gasteiger partial charge in [-0.25, -0.2) is 0 Å². The molecule has 0 spiro atoms. The maximum absolute atomic E-state index is 12.9. The van der Waals surface area contributed by atoms with Crippen LogP contribution in [0.15, 0.2) is 18.2 Å². The molecule has 4 nitrogen and oxygen atoms in total. The van der Waals surface area contributed by atoms with Gasteiger partial charge in [-0.2, -0.15) is 18.4 Å². The minimum atomic E-state index is -4.64. The van der Waals surface area contributed by atoms with Crippen molar-refractivity contribution < 1.29 is 23.1 Å². The standard InChI is InChI=1S/C13H11F3N2O2/c14-13(15,16)11-5-10(2-1-8(11)6-17)18(7-12(19)20)9-3-4-9/h1-2,5,9H,3-4,7H2,(H,19,20). The summed E-state index contributed by atoms with van der Waals surface area (Å²) in [5, 5.41) is 17.6.